The summed E-state index contributed by atoms with van der Waals surface area (Å²) in [5.41, 5.74) is 0.527. The number of carbonyl (C=O) groups is 1. The molecule has 0 amide bonds. The minimum absolute atomic E-state index is 0.198. The van der Waals surface area contributed by atoms with Crippen LogP contribution in [0, 0.1) is 28.6 Å². The third kappa shape index (κ3) is 9.39. The Morgan fingerprint density at radius 2 is 1.35 bits per heavy atom. The maximum absolute atomic E-state index is 11.5. The Hall–Kier alpha value is -0.530. The van der Waals surface area contributed by atoms with Gasteiger partial charge in [-0.25, -0.2) is 0 Å². The van der Waals surface area contributed by atoms with E-state index in [1.54, 1.807) is 0 Å². The number of carboxylic acid groups (broad SMARTS) is 1. The van der Waals surface area contributed by atoms with Gasteiger partial charge in [-0.15, -0.1) is 0 Å². The molecule has 20 heavy (non-hydrogen) atoms. The number of rotatable bonds is 7. The predicted octanol–water partition coefficient (Wildman–Crippen LogP) is 5.61. The van der Waals surface area contributed by atoms with Crippen LogP contribution in [0.1, 0.15) is 81.1 Å². The van der Waals surface area contributed by atoms with E-state index >= 15 is 0 Å². The molecule has 0 bridgehead atoms. The monoisotopic (exact) mass is 284 g/mol. The average Bonchev–Trinajstić information content (AvgIpc) is 2.10. The molecule has 0 rings (SSSR count). The highest BCUT2D eigenvalue weighted by Crippen LogP contribution is 2.33. The van der Waals surface area contributed by atoms with Gasteiger partial charge in [0.1, 0.15) is 0 Å². The molecule has 0 heterocycles. The standard InChI is InChI=1S/C18H36O2/c1-13(11-17(3,4)5)9-10-15(16(19)20)14(2)12-18(6,7)8/h13-15H,9-12H2,1-8H3,(H,19,20)/t13-,14-,15-/m0/s1. The first-order valence-corrected chi connectivity index (χ1v) is 8.04. The van der Waals surface area contributed by atoms with Gasteiger partial charge in [0.05, 0.1) is 5.92 Å². The Morgan fingerprint density at radius 3 is 1.70 bits per heavy atom. The van der Waals surface area contributed by atoms with Crippen molar-refractivity contribution in [2.75, 3.05) is 0 Å². The van der Waals surface area contributed by atoms with E-state index in [4.69, 9.17) is 0 Å². The maximum Gasteiger partial charge on any atom is 0.306 e. The van der Waals surface area contributed by atoms with E-state index in [0.29, 0.717) is 11.3 Å². The molecule has 1 N–H and O–H groups in total. The van der Waals surface area contributed by atoms with E-state index in [1.165, 1.54) is 0 Å². The van der Waals surface area contributed by atoms with E-state index in [0.717, 1.165) is 25.7 Å². The molecule has 0 fully saturated rings. The van der Waals surface area contributed by atoms with Crippen LogP contribution >= 0.6 is 0 Å². The van der Waals surface area contributed by atoms with Gasteiger partial charge in [-0.05, 0) is 48.3 Å². The van der Waals surface area contributed by atoms with Gasteiger partial charge in [0, 0.05) is 0 Å². The van der Waals surface area contributed by atoms with Crippen molar-refractivity contribution >= 4 is 5.97 Å². The van der Waals surface area contributed by atoms with E-state index in [-0.39, 0.29) is 17.3 Å². The van der Waals surface area contributed by atoms with Gasteiger partial charge in [0.15, 0.2) is 0 Å². The summed E-state index contributed by atoms with van der Waals surface area (Å²) in [6, 6.07) is 0. The van der Waals surface area contributed by atoms with E-state index in [2.05, 4.69) is 55.4 Å². The lowest BCUT2D eigenvalue weighted by molar-refractivity contribution is -0.144. The fourth-order valence-corrected chi connectivity index (χ4v) is 3.37. The van der Waals surface area contributed by atoms with Gasteiger partial charge in [0.2, 0.25) is 0 Å². The summed E-state index contributed by atoms with van der Waals surface area (Å²) >= 11 is 0. The number of aliphatic carboxylic acids is 1. The highest BCUT2D eigenvalue weighted by atomic mass is 16.4. The Morgan fingerprint density at radius 1 is 0.900 bits per heavy atom. The lowest BCUT2D eigenvalue weighted by Crippen LogP contribution is -2.26. The van der Waals surface area contributed by atoms with Crippen LogP contribution in [0.25, 0.3) is 0 Å². The van der Waals surface area contributed by atoms with E-state index < -0.39 is 5.97 Å². The first-order chi connectivity index (χ1) is 8.82. The summed E-state index contributed by atoms with van der Waals surface area (Å²) in [6.45, 7) is 17.7. The quantitative estimate of drug-likeness (QED) is 0.659. The van der Waals surface area contributed by atoms with Crippen LogP contribution in [0.5, 0.6) is 0 Å². The second-order valence-electron chi connectivity index (χ2n) is 9.13. The summed E-state index contributed by atoms with van der Waals surface area (Å²) in [5.74, 6) is 0.0226. The molecule has 3 atom stereocenters. The first-order valence-electron chi connectivity index (χ1n) is 8.04. The van der Waals surface area contributed by atoms with Crippen molar-refractivity contribution in [2.24, 2.45) is 28.6 Å². The third-order valence-electron chi connectivity index (χ3n) is 3.87. The van der Waals surface area contributed by atoms with Crippen LogP contribution in [-0.2, 0) is 4.79 Å². The van der Waals surface area contributed by atoms with Crippen molar-refractivity contribution in [2.45, 2.75) is 81.1 Å². The summed E-state index contributed by atoms with van der Waals surface area (Å²) in [7, 11) is 0. The Balaban J connectivity index is 4.46. The van der Waals surface area contributed by atoms with Crippen molar-refractivity contribution in [3.8, 4) is 0 Å². The van der Waals surface area contributed by atoms with Gasteiger partial charge in [0.25, 0.3) is 0 Å². The van der Waals surface area contributed by atoms with Crippen LogP contribution in [0.4, 0.5) is 0 Å². The summed E-state index contributed by atoms with van der Waals surface area (Å²) in [6.07, 6.45) is 3.96. The lowest BCUT2D eigenvalue weighted by atomic mass is 9.76. The zero-order valence-corrected chi connectivity index (χ0v) is 14.9. The predicted molar refractivity (Wildman–Crippen MR) is 86.8 cm³/mol. The molecule has 120 valence electrons. The highest BCUT2D eigenvalue weighted by Gasteiger charge is 2.28. The summed E-state index contributed by atoms with van der Waals surface area (Å²) in [5, 5.41) is 9.49. The molecule has 0 unspecified atom stereocenters. The Bertz CT molecular complexity index is 294. The van der Waals surface area contributed by atoms with Crippen LogP contribution in [0.2, 0.25) is 0 Å². The topological polar surface area (TPSA) is 37.3 Å². The van der Waals surface area contributed by atoms with Crippen LogP contribution in [0.3, 0.4) is 0 Å². The van der Waals surface area contributed by atoms with E-state index in [1.807, 2.05) is 0 Å². The van der Waals surface area contributed by atoms with Gasteiger partial charge < -0.3 is 5.11 Å². The number of hydrogen-bond acceptors (Lipinski definition) is 1. The molecule has 0 aliphatic rings. The van der Waals surface area contributed by atoms with Crippen molar-refractivity contribution in [1.29, 1.82) is 0 Å². The van der Waals surface area contributed by atoms with Gasteiger partial charge in [-0.1, -0.05) is 55.4 Å². The van der Waals surface area contributed by atoms with Crippen molar-refractivity contribution in [1.82, 2.24) is 0 Å². The fraction of sp³-hybridized carbons (Fsp3) is 0.944. The molecule has 0 aliphatic heterocycles. The zero-order valence-electron chi connectivity index (χ0n) is 14.9. The smallest absolute Gasteiger partial charge is 0.306 e. The first kappa shape index (κ1) is 19.5. The molecular weight excluding hydrogens is 248 g/mol. The second kappa shape index (κ2) is 7.47. The molecule has 0 aromatic carbocycles. The summed E-state index contributed by atoms with van der Waals surface area (Å²) < 4.78 is 0. The molecule has 2 nitrogen and oxygen atoms in total. The van der Waals surface area contributed by atoms with Gasteiger partial charge >= 0.3 is 5.97 Å². The fourth-order valence-electron chi connectivity index (χ4n) is 3.37. The summed E-state index contributed by atoms with van der Waals surface area (Å²) in [4.78, 5) is 11.5. The van der Waals surface area contributed by atoms with Crippen LogP contribution < -0.4 is 0 Å². The lowest BCUT2D eigenvalue weighted by Gasteiger charge is -2.29. The average molecular weight is 284 g/mol. The molecule has 0 saturated carbocycles. The normalized spacial score (nSPS) is 17.6. The molecule has 2 heteroatoms. The maximum atomic E-state index is 11.5. The molecule has 0 saturated heterocycles. The highest BCUT2D eigenvalue weighted by molar-refractivity contribution is 5.70. The van der Waals surface area contributed by atoms with Crippen molar-refractivity contribution in [3.63, 3.8) is 0 Å². The van der Waals surface area contributed by atoms with Crippen molar-refractivity contribution < 1.29 is 9.90 Å². The molecule has 0 radical (unpaired) electrons. The Labute approximate surface area is 126 Å². The minimum Gasteiger partial charge on any atom is -0.481 e. The molecular formula is C18H36O2. The number of carboxylic acids is 1. The Kier molecular flexibility index (Phi) is 7.27. The largest absolute Gasteiger partial charge is 0.481 e. The minimum atomic E-state index is -0.621. The van der Waals surface area contributed by atoms with Crippen LogP contribution in [-0.4, -0.2) is 11.1 Å². The van der Waals surface area contributed by atoms with Crippen molar-refractivity contribution in [3.05, 3.63) is 0 Å². The molecule has 0 spiro atoms. The number of hydrogen-bond donors (Lipinski definition) is 1. The van der Waals surface area contributed by atoms with Gasteiger partial charge in [-0.2, -0.15) is 0 Å². The van der Waals surface area contributed by atoms with Gasteiger partial charge in [-0.3, -0.25) is 4.79 Å². The SMILES string of the molecule is C[C@@H](CC[C@H](C(=O)O)[C@@H](C)CC(C)(C)C)CC(C)(C)C. The van der Waals surface area contributed by atoms with E-state index in [9.17, 15) is 9.90 Å². The second-order valence-corrected chi connectivity index (χ2v) is 9.13. The molecule has 0 aromatic heterocycles. The molecule has 0 aromatic rings. The molecule has 0 aliphatic carbocycles. The third-order valence-corrected chi connectivity index (χ3v) is 3.87. The van der Waals surface area contributed by atoms with Crippen LogP contribution in [0.15, 0.2) is 0 Å². The zero-order chi connectivity index (χ0) is 16.1.